The van der Waals surface area contributed by atoms with Crippen molar-refractivity contribution in [3.63, 3.8) is 0 Å². The average molecular weight is 281 g/mol. The molecular weight excluding hydrogens is 266 g/mol. The molecule has 1 rings (SSSR count). The zero-order valence-corrected chi connectivity index (χ0v) is 10.5. The summed E-state index contributed by atoms with van der Waals surface area (Å²) in [5.74, 6) is -0.542. The monoisotopic (exact) mass is 281 g/mol. The van der Waals surface area contributed by atoms with Crippen molar-refractivity contribution in [1.82, 2.24) is 0 Å². The Labute approximate surface area is 104 Å². The van der Waals surface area contributed by atoms with E-state index in [1.165, 1.54) is 0 Å². The molecule has 18 heavy (non-hydrogen) atoms. The van der Waals surface area contributed by atoms with Crippen LogP contribution in [0.1, 0.15) is 6.92 Å². The normalized spacial score (nSPS) is 9.11. The lowest BCUT2D eigenvalue weighted by molar-refractivity contribution is -0.134. The number of rotatable bonds is 1. The van der Waals surface area contributed by atoms with E-state index in [2.05, 4.69) is 5.32 Å². The van der Waals surface area contributed by atoms with E-state index >= 15 is 0 Å². The Balaban J connectivity index is 0. The van der Waals surface area contributed by atoms with Crippen LogP contribution in [0.3, 0.4) is 0 Å². The molecule has 0 heterocycles. The fourth-order valence-corrected chi connectivity index (χ4v) is 0.685. The number of hydrogen-bond donors (Lipinski definition) is 5. The molecule has 0 amide bonds. The number of nitrogens with one attached hydrogen (secondary N) is 1. The minimum absolute atomic E-state index is 0.292. The van der Waals surface area contributed by atoms with Gasteiger partial charge in [0.25, 0.3) is 5.97 Å². The first kappa shape index (κ1) is 18.5. The third-order valence-electron chi connectivity index (χ3n) is 1.17. The Kier molecular flexibility index (Phi) is 9.48. The lowest BCUT2D eigenvalue weighted by Crippen LogP contribution is -1.89. The molecule has 0 aromatic heterocycles. The number of phenols is 1. The van der Waals surface area contributed by atoms with E-state index in [1.54, 1.807) is 19.2 Å². The molecule has 0 saturated carbocycles. The molecule has 0 atom stereocenters. The van der Waals surface area contributed by atoms with Gasteiger partial charge in [-0.15, -0.1) is 0 Å². The summed E-state index contributed by atoms with van der Waals surface area (Å²) in [6.07, 6.45) is 0. The summed E-state index contributed by atoms with van der Waals surface area (Å²) in [6, 6.07) is 7.11. The lowest BCUT2D eigenvalue weighted by Gasteiger charge is -1.99. The highest BCUT2D eigenvalue weighted by atomic mass is 32.3. The lowest BCUT2D eigenvalue weighted by atomic mass is 10.3. The molecule has 0 spiro atoms. The van der Waals surface area contributed by atoms with Gasteiger partial charge in [-0.3, -0.25) is 13.9 Å². The van der Waals surface area contributed by atoms with Gasteiger partial charge in [-0.2, -0.15) is 8.42 Å². The Morgan fingerprint density at radius 2 is 1.56 bits per heavy atom. The summed E-state index contributed by atoms with van der Waals surface area (Å²) in [4.78, 5) is 9.00. The van der Waals surface area contributed by atoms with Crippen LogP contribution in [0, 0.1) is 0 Å². The first-order valence-corrected chi connectivity index (χ1v) is 5.82. The first-order chi connectivity index (χ1) is 8.07. The SMILES string of the molecule is CC(=O)O.CNc1ccccc1O.O=S(=O)(O)O. The van der Waals surface area contributed by atoms with Crippen LogP contribution < -0.4 is 5.32 Å². The number of para-hydroxylation sites is 2. The van der Waals surface area contributed by atoms with Crippen LogP contribution in [0.15, 0.2) is 24.3 Å². The number of carboxylic acid groups (broad SMARTS) is 1. The second-order valence-corrected chi connectivity index (χ2v) is 3.63. The Bertz CT molecular complexity index is 446. The van der Waals surface area contributed by atoms with E-state index < -0.39 is 16.4 Å². The number of anilines is 1. The molecular formula is C9H15NO7S. The van der Waals surface area contributed by atoms with E-state index in [0.717, 1.165) is 12.6 Å². The third-order valence-corrected chi connectivity index (χ3v) is 1.17. The Hall–Kier alpha value is -1.84. The fraction of sp³-hybridized carbons (Fsp3) is 0.222. The zero-order chi connectivity index (χ0) is 14.8. The zero-order valence-electron chi connectivity index (χ0n) is 9.73. The van der Waals surface area contributed by atoms with Crippen LogP contribution in [0.2, 0.25) is 0 Å². The smallest absolute Gasteiger partial charge is 0.394 e. The van der Waals surface area contributed by atoms with Crippen molar-refractivity contribution in [3.05, 3.63) is 24.3 Å². The molecule has 1 aromatic rings. The van der Waals surface area contributed by atoms with Gasteiger partial charge < -0.3 is 15.5 Å². The maximum absolute atomic E-state index is 9.05. The van der Waals surface area contributed by atoms with Gasteiger partial charge in [0.2, 0.25) is 0 Å². The number of phenolic OH excluding ortho intramolecular Hbond substituents is 1. The highest BCUT2D eigenvalue weighted by Crippen LogP contribution is 2.19. The number of benzene rings is 1. The van der Waals surface area contributed by atoms with Gasteiger partial charge in [0.15, 0.2) is 0 Å². The summed E-state index contributed by atoms with van der Waals surface area (Å²) in [6.45, 7) is 1.08. The number of aliphatic carboxylic acids is 1. The highest BCUT2D eigenvalue weighted by Gasteiger charge is 1.91. The second kappa shape index (κ2) is 9.22. The van der Waals surface area contributed by atoms with Crippen molar-refractivity contribution >= 4 is 22.1 Å². The molecule has 0 aliphatic rings. The van der Waals surface area contributed by atoms with Crippen molar-refractivity contribution in [3.8, 4) is 5.75 Å². The summed E-state index contributed by atoms with van der Waals surface area (Å²) in [5.41, 5.74) is 0.762. The van der Waals surface area contributed by atoms with E-state index in [0.29, 0.717) is 5.75 Å². The average Bonchev–Trinajstić information content (AvgIpc) is 2.15. The van der Waals surface area contributed by atoms with Crippen LogP contribution in [0.25, 0.3) is 0 Å². The minimum atomic E-state index is -4.67. The first-order valence-electron chi connectivity index (χ1n) is 4.43. The molecule has 1 aromatic carbocycles. The molecule has 9 heteroatoms. The van der Waals surface area contributed by atoms with Crippen molar-refractivity contribution in [1.29, 1.82) is 0 Å². The maximum Gasteiger partial charge on any atom is 0.394 e. The topological polar surface area (TPSA) is 144 Å². The van der Waals surface area contributed by atoms with Crippen LogP contribution in [0.4, 0.5) is 5.69 Å². The Morgan fingerprint density at radius 3 is 1.78 bits per heavy atom. The van der Waals surface area contributed by atoms with Crippen LogP contribution in [0.5, 0.6) is 5.75 Å². The summed E-state index contributed by atoms with van der Waals surface area (Å²) in [5, 5.41) is 19.3. The molecule has 0 fully saturated rings. The highest BCUT2D eigenvalue weighted by molar-refractivity contribution is 7.79. The van der Waals surface area contributed by atoms with Gasteiger partial charge in [0.1, 0.15) is 5.75 Å². The van der Waals surface area contributed by atoms with Crippen molar-refractivity contribution < 1.29 is 32.5 Å². The summed E-state index contributed by atoms with van der Waals surface area (Å²) in [7, 11) is -2.89. The van der Waals surface area contributed by atoms with Gasteiger partial charge in [-0.05, 0) is 12.1 Å². The predicted octanol–water partition coefficient (Wildman–Crippen LogP) is 0.872. The van der Waals surface area contributed by atoms with E-state index in [-0.39, 0.29) is 0 Å². The van der Waals surface area contributed by atoms with E-state index in [4.69, 9.17) is 32.5 Å². The van der Waals surface area contributed by atoms with Crippen LogP contribution >= 0.6 is 0 Å². The number of aromatic hydroxyl groups is 1. The number of carboxylic acids is 1. The van der Waals surface area contributed by atoms with Gasteiger partial charge in [-0.1, -0.05) is 12.1 Å². The predicted molar refractivity (Wildman–Crippen MR) is 65.1 cm³/mol. The standard InChI is InChI=1S/C7H9NO.C2H4O2.H2O4S/c1-8-6-4-2-3-5-7(6)9;1-2(3)4;1-5(2,3)4/h2-5,8-9H,1H3;1H3,(H,3,4);(H2,1,2,3,4). The van der Waals surface area contributed by atoms with E-state index in [1.807, 2.05) is 12.1 Å². The van der Waals surface area contributed by atoms with Crippen molar-refractivity contribution in [2.24, 2.45) is 0 Å². The molecule has 0 aliphatic heterocycles. The second-order valence-electron chi connectivity index (χ2n) is 2.73. The molecule has 104 valence electrons. The van der Waals surface area contributed by atoms with Gasteiger partial charge in [0, 0.05) is 14.0 Å². The molecule has 0 unspecified atom stereocenters. The van der Waals surface area contributed by atoms with Gasteiger partial charge in [0.05, 0.1) is 5.69 Å². The van der Waals surface area contributed by atoms with Crippen molar-refractivity contribution in [2.75, 3.05) is 12.4 Å². The largest absolute Gasteiger partial charge is 0.506 e. The molecule has 0 radical (unpaired) electrons. The van der Waals surface area contributed by atoms with Crippen LogP contribution in [-0.4, -0.2) is 40.8 Å². The fourth-order valence-electron chi connectivity index (χ4n) is 0.685. The quantitative estimate of drug-likeness (QED) is 0.376. The summed E-state index contributed by atoms with van der Waals surface area (Å²) < 4.78 is 31.6. The molecule has 8 nitrogen and oxygen atoms in total. The molecule has 0 aliphatic carbocycles. The van der Waals surface area contributed by atoms with Crippen LogP contribution in [-0.2, 0) is 15.2 Å². The van der Waals surface area contributed by atoms with E-state index in [9.17, 15) is 0 Å². The molecule has 5 N–H and O–H groups in total. The molecule has 0 bridgehead atoms. The third kappa shape index (κ3) is 19.7. The van der Waals surface area contributed by atoms with Gasteiger partial charge >= 0.3 is 10.4 Å². The number of hydrogen-bond acceptors (Lipinski definition) is 5. The minimum Gasteiger partial charge on any atom is -0.506 e. The van der Waals surface area contributed by atoms with Gasteiger partial charge in [-0.25, -0.2) is 0 Å². The maximum atomic E-state index is 9.05. The molecule has 0 saturated heterocycles. The summed E-state index contributed by atoms with van der Waals surface area (Å²) >= 11 is 0. The Morgan fingerprint density at radius 1 is 1.22 bits per heavy atom. The van der Waals surface area contributed by atoms with Crippen molar-refractivity contribution in [2.45, 2.75) is 6.92 Å². The number of carbonyl (C=O) groups is 1.